The van der Waals surface area contributed by atoms with E-state index in [9.17, 15) is 4.79 Å². The first kappa shape index (κ1) is 25.6. The fourth-order valence-corrected chi connectivity index (χ4v) is 6.41. The monoisotopic (exact) mass is 543 g/mol. The van der Waals surface area contributed by atoms with Crippen molar-refractivity contribution in [1.29, 1.82) is 0 Å². The van der Waals surface area contributed by atoms with Gasteiger partial charge in [0.15, 0.2) is 0 Å². The lowest BCUT2D eigenvalue weighted by molar-refractivity contribution is 0.0735. The van der Waals surface area contributed by atoms with Crippen molar-refractivity contribution in [2.45, 2.75) is 57.5 Å². The Hall–Kier alpha value is -3.63. The highest BCUT2D eigenvalue weighted by molar-refractivity contribution is 7.09. The van der Waals surface area contributed by atoms with E-state index in [1.54, 1.807) is 17.4 Å². The standard InChI is InChI=1S/C29H33N7O2S/c1-19-18-39-26(31-19)23-11-8-14-36(23)27(37)21-15-22(32-24(16-21)35-12-6-7-13-35)25-33-34-28(38-25)29(2,30)17-20-9-4-3-5-10-20/h3-5,9-10,15-16,18,23H,6-8,11-14,17,30H2,1-2H3/t23-,29-/m1/s1. The summed E-state index contributed by atoms with van der Waals surface area (Å²) >= 11 is 1.62. The number of amides is 1. The number of rotatable bonds is 7. The zero-order chi connectivity index (χ0) is 27.0. The van der Waals surface area contributed by atoms with Gasteiger partial charge < -0.3 is 20.0 Å². The van der Waals surface area contributed by atoms with Crippen molar-refractivity contribution in [1.82, 2.24) is 25.1 Å². The first-order chi connectivity index (χ1) is 18.9. The SMILES string of the molecule is Cc1csc([C@H]2CCCN2C(=O)c2cc(-c3nnc([C@](C)(N)Cc4ccccc4)o3)nc(N3CCCC3)c2)n1. The highest BCUT2D eigenvalue weighted by Crippen LogP contribution is 2.36. The zero-order valence-corrected chi connectivity index (χ0v) is 23.2. The van der Waals surface area contributed by atoms with Gasteiger partial charge in [0.25, 0.3) is 11.8 Å². The van der Waals surface area contributed by atoms with E-state index in [4.69, 9.17) is 15.1 Å². The minimum atomic E-state index is -0.855. The van der Waals surface area contributed by atoms with E-state index < -0.39 is 5.54 Å². The van der Waals surface area contributed by atoms with E-state index in [2.05, 4.69) is 20.1 Å². The Labute approximate surface area is 232 Å². The van der Waals surface area contributed by atoms with Crippen molar-refractivity contribution in [3.63, 3.8) is 0 Å². The van der Waals surface area contributed by atoms with Gasteiger partial charge in [-0.1, -0.05) is 30.3 Å². The fraction of sp³-hybridized carbons (Fsp3) is 0.414. The molecule has 5 heterocycles. The van der Waals surface area contributed by atoms with Gasteiger partial charge in [0.1, 0.15) is 16.5 Å². The molecule has 2 atom stereocenters. The summed E-state index contributed by atoms with van der Waals surface area (Å²) in [5.74, 6) is 1.33. The van der Waals surface area contributed by atoms with Crippen LogP contribution in [0.1, 0.15) is 71.2 Å². The lowest BCUT2D eigenvalue weighted by Gasteiger charge is -2.24. The van der Waals surface area contributed by atoms with Crippen LogP contribution in [0.2, 0.25) is 0 Å². The average molecular weight is 544 g/mol. The van der Waals surface area contributed by atoms with E-state index >= 15 is 0 Å². The average Bonchev–Trinajstić information content (AvgIpc) is 3.74. The Kier molecular flexibility index (Phi) is 6.90. The molecule has 2 aliphatic heterocycles. The first-order valence-electron chi connectivity index (χ1n) is 13.5. The van der Waals surface area contributed by atoms with Crippen LogP contribution in [-0.2, 0) is 12.0 Å². The van der Waals surface area contributed by atoms with Crippen molar-refractivity contribution in [3.8, 4) is 11.6 Å². The minimum Gasteiger partial charge on any atom is -0.417 e. The van der Waals surface area contributed by atoms with E-state index in [-0.39, 0.29) is 17.8 Å². The summed E-state index contributed by atoms with van der Waals surface area (Å²) < 4.78 is 6.12. The van der Waals surface area contributed by atoms with Crippen molar-refractivity contribution >= 4 is 23.1 Å². The van der Waals surface area contributed by atoms with Crippen LogP contribution < -0.4 is 10.6 Å². The number of aromatic nitrogens is 4. The van der Waals surface area contributed by atoms with E-state index in [0.29, 0.717) is 30.1 Å². The number of carbonyl (C=O) groups is 1. The maximum atomic E-state index is 13.9. The maximum Gasteiger partial charge on any atom is 0.266 e. The lowest BCUT2D eigenvalue weighted by atomic mass is 9.94. The third-order valence-electron chi connectivity index (χ3n) is 7.47. The number of carbonyl (C=O) groups excluding carboxylic acids is 1. The highest BCUT2D eigenvalue weighted by atomic mass is 32.1. The number of thiazole rings is 1. The molecule has 9 nitrogen and oxygen atoms in total. The van der Waals surface area contributed by atoms with Crippen LogP contribution in [0, 0.1) is 6.92 Å². The van der Waals surface area contributed by atoms with Gasteiger partial charge in [0, 0.05) is 36.3 Å². The summed E-state index contributed by atoms with van der Waals surface area (Å²) in [6.07, 6.45) is 4.62. The molecule has 0 unspecified atom stereocenters. The molecule has 0 aliphatic carbocycles. The second kappa shape index (κ2) is 10.5. The Morgan fingerprint density at radius 1 is 1.10 bits per heavy atom. The normalized spacial score (nSPS) is 19.0. The fourth-order valence-electron chi connectivity index (χ4n) is 5.47. The topological polar surface area (TPSA) is 114 Å². The van der Waals surface area contributed by atoms with Gasteiger partial charge in [-0.15, -0.1) is 21.5 Å². The van der Waals surface area contributed by atoms with E-state index in [1.165, 1.54) is 0 Å². The number of nitrogens with two attached hydrogens (primary N) is 1. The Morgan fingerprint density at radius 2 is 1.90 bits per heavy atom. The van der Waals surface area contributed by atoms with Crippen molar-refractivity contribution < 1.29 is 9.21 Å². The minimum absolute atomic E-state index is 0.00556. The van der Waals surface area contributed by atoms with Crippen LogP contribution in [0.3, 0.4) is 0 Å². The number of benzene rings is 1. The molecule has 202 valence electrons. The van der Waals surface area contributed by atoms with E-state index in [0.717, 1.165) is 60.9 Å². The predicted molar refractivity (Wildman–Crippen MR) is 151 cm³/mol. The zero-order valence-electron chi connectivity index (χ0n) is 22.3. The second-order valence-corrected chi connectivity index (χ2v) is 11.7. The summed E-state index contributed by atoms with van der Waals surface area (Å²) in [7, 11) is 0. The number of likely N-dealkylation sites (tertiary alicyclic amines) is 1. The molecule has 3 aromatic heterocycles. The van der Waals surface area contributed by atoms with E-state index in [1.807, 2.05) is 60.5 Å². The molecule has 4 aromatic rings. The largest absolute Gasteiger partial charge is 0.417 e. The number of aryl methyl sites for hydroxylation is 1. The molecule has 2 aliphatic rings. The first-order valence-corrected chi connectivity index (χ1v) is 14.4. The molecule has 1 aromatic carbocycles. The molecule has 39 heavy (non-hydrogen) atoms. The molecule has 10 heteroatoms. The molecule has 0 radical (unpaired) electrons. The van der Waals surface area contributed by atoms with Crippen LogP contribution in [0.15, 0.2) is 52.3 Å². The smallest absolute Gasteiger partial charge is 0.266 e. The molecular formula is C29H33N7O2S. The lowest BCUT2D eigenvalue weighted by Crippen LogP contribution is -2.35. The van der Waals surface area contributed by atoms with Crippen LogP contribution in [0.4, 0.5) is 5.82 Å². The van der Waals surface area contributed by atoms with Gasteiger partial charge in [0.2, 0.25) is 5.89 Å². The second-order valence-electron chi connectivity index (χ2n) is 10.8. The summed E-state index contributed by atoms with van der Waals surface area (Å²) in [5, 5.41) is 11.6. The van der Waals surface area contributed by atoms with Crippen molar-refractivity contribution in [2.24, 2.45) is 5.73 Å². The number of nitrogens with zero attached hydrogens (tertiary/aromatic N) is 6. The van der Waals surface area contributed by atoms with Crippen LogP contribution in [-0.4, -0.2) is 50.6 Å². The maximum absolute atomic E-state index is 13.9. The molecule has 0 spiro atoms. The molecule has 2 fully saturated rings. The summed E-state index contributed by atoms with van der Waals surface area (Å²) in [4.78, 5) is 27.6. The third kappa shape index (κ3) is 5.31. The predicted octanol–water partition coefficient (Wildman–Crippen LogP) is 4.89. The summed E-state index contributed by atoms with van der Waals surface area (Å²) in [6, 6.07) is 13.7. The summed E-state index contributed by atoms with van der Waals surface area (Å²) in [5.41, 5.74) is 8.91. The molecule has 1 amide bonds. The quantitative estimate of drug-likeness (QED) is 0.350. The molecule has 2 N–H and O–H groups in total. The molecule has 0 bridgehead atoms. The Balaban J connectivity index is 1.32. The van der Waals surface area contributed by atoms with Crippen molar-refractivity contribution in [3.05, 3.63) is 75.6 Å². The summed E-state index contributed by atoms with van der Waals surface area (Å²) in [6.45, 7) is 6.38. The number of hydrogen-bond acceptors (Lipinski definition) is 9. The number of pyridine rings is 1. The molecular weight excluding hydrogens is 510 g/mol. The number of anilines is 1. The molecule has 2 saturated heterocycles. The van der Waals surface area contributed by atoms with Gasteiger partial charge in [-0.25, -0.2) is 9.97 Å². The molecule has 6 rings (SSSR count). The van der Waals surface area contributed by atoms with Gasteiger partial charge >= 0.3 is 0 Å². The van der Waals surface area contributed by atoms with Crippen LogP contribution in [0.5, 0.6) is 0 Å². The Morgan fingerprint density at radius 3 is 2.64 bits per heavy atom. The van der Waals surface area contributed by atoms with Crippen molar-refractivity contribution in [2.75, 3.05) is 24.5 Å². The van der Waals surface area contributed by atoms with Gasteiger partial charge in [0.05, 0.1) is 11.6 Å². The number of hydrogen-bond donors (Lipinski definition) is 1. The van der Waals surface area contributed by atoms with Gasteiger partial charge in [-0.3, -0.25) is 4.79 Å². The molecule has 0 saturated carbocycles. The highest BCUT2D eigenvalue weighted by Gasteiger charge is 2.34. The van der Waals surface area contributed by atoms with Gasteiger partial charge in [-0.05, 0) is 63.6 Å². The van der Waals surface area contributed by atoms with Crippen LogP contribution >= 0.6 is 11.3 Å². The van der Waals surface area contributed by atoms with Crippen LogP contribution in [0.25, 0.3) is 11.6 Å². The Bertz CT molecular complexity index is 1460. The third-order valence-corrected chi connectivity index (χ3v) is 8.54. The van der Waals surface area contributed by atoms with Gasteiger partial charge in [-0.2, -0.15) is 0 Å².